The van der Waals surface area contributed by atoms with E-state index >= 15 is 0 Å². The van der Waals surface area contributed by atoms with Gasteiger partial charge in [0.1, 0.15) is 4.99 Å². The number of anilines is 1. The second-order valence-electron chi connectivity index (χ2n) is 4.11. The summed E-state index contributed by atoms with van der Waals surface area (Å²) in [4.78, 5) is 2.34. The lowest BCUT2D eigenvalue weighted by Gasteiger charge is -2.23. The number of nitrogens with two attached hydrogens (primary N) is 1. The number of aliphatic hydroxyl groups is 1. The molecule has 0 bridgehead atoms. The van der Waals surface area contributed by atoms with Crippen molar-refractivity contribution in [3.63, 3.8) is 0 Å². The smallest absolute Gasteiger partial charge is 0.106 e. The highest BCUT2D eigenvalue weighted by Gasteiger charge is 2.11. The highest BCUT2D eigenvalue weighted by atomic mass is 32.1. The summed E-state index contributed by atoms with van der Waals surface area (Å²) in [6, 6.07) is 5.96. The van der Waals surface area contributed by atoms with Crippen LogP contribution in [0.25, 0.3) is 0 Å². The fourth-order valence-corrected chi connectivity index (χ4v) is 1.84. The summed E-state index contributed by atoms with van der Waals surface area (Å²) < 4.78 is 0. The lowest BCUT2D eigenvalue weighted by atomic mass is 10.1. The molecule has 0 aliphatic rings. The fourth-order valence-electron chi connectivity index (χ4n) is 1.67. The van der Waals surface area contributed by atoms with Crippen LogP contribution in [0.15, 0.2) is 18.2 Å². The fraction of sp³-hybridized carbons (Fsp3) is 0.417. The van der Waals surface area contributed by atoms with Crippen molar-refractivity contribution in [2.45, 2.75) is 20.0 Å². The molecule has 1 unspecified atom stereocenters. The molecule has 0 aliphatic heterocycles. The quantitative estimate of drug-likeness (QED) is 0.780. The van der Waals surface area contributed by atoms with Gasteiger partial charge in [0.2, 0.25) is 0 Å². The molecule has 0 amide bonds. The molecule has 0 aromatic heterocycles. The van der Waals surface area contributed by atoms with E-state index in [1.807, 2.05) is 37.1 Å². The van der Waals surface area contributed by atoms with E-state index in [0.29, 0.717) is 11.5 Å². The Morgan fingerprint density at radius 1 is 1.56 bits per heavy atom. The number of likely N-dealkylation sites (N-methyl/N-ethyl adjacent to an activating group) is 1. The topological polar surface area (TPSA) is 49.5 Å². The SMILES string of the molecule is Cc1ccc(N(C)CC(C)O)c(C(N)=S)c1. The first-order chi connectivity index (χ1) is 7.41. The van der Waals surface area contributed by atoms with Gasteiger partial charge in [0.15, 0.2) is 0 Å². The maximum Gasteiger partial charge on any atom is 0.106 e. The van der Waals surface area contributed by atoms with Gasteiger partial charge in [-0.05, 0) is 26.0 Å². The van der Waals surface area contributed by atoms with E-state index in [1.54, 1.807) is 6.92 Å². The largest absolute Gasteiger partial charge is 0.392 e. The summed E-state index contributed by atoms with van der Waals surface area (Å²) in [5.41, 5.74) is 8.63. The minimum Gasteiger partial charge on any atom is -0.392 e. The zero-order valence-corrected chi connectivity index (χ0v) is 10.7. The second kappa shape index (κ2) is 5.27. The van der Waals surface area contributed by atoms with E-state index in [-0.39, 0.29) is 6.10 Å². The molecule has 1 rings (SSSR count). The van der Waals surface area contributed by atoms with E-state index in [0.717, 1.165) is 16.8 Å². The van der Waals surface area contributed by atoms with E-state index in [2.05, 4.69) is 0 Å². The predicted molar refractivity (Wildman–Crippen MR) is 72.0 cm³/mol. The van der Waals surface area contributed by atoms with Gasteiger partial charge >= 0.3 is 0 Å². The molecule has 1 atom stereocenters. The Bertz CT molecular complexity index is 391. The number of rotatable bonds is 4. The number of benzene rings is 1. The van der Waals surface area contributed by atoms with Crippen LogP contribution < -0.4 is 10.6 Å². The van der Waals surface area contributed by atoms with Gasteiger partial charge in [-0.1, -0.05) is 23.8 Å². The van der Waals surface area contributed by atoms with Gasteiger partial charge < -0.3 is 15.7 Å². The highest BCUT2D eigenvalue weighted by molar-refractivity contribution is 7.80. The predicted octanol–water partition coefficient (Wildman–Crippen LogP) is 1.45. The molecule has 4 heteroatoms. The minimum absolute atomic E-state index is 0.384. The van der Waals surface area contributed by atoms with Gasteiger partial charge in [0.25, 0.3) is 0 Å². The van der Waals surface area contributed by atoms with Crippen LogP contribution in [0.5, 0.6) is 0 Å². The summed E-state index contributed by atoms with van der Waals surface area (Å²) >= 11 is 5.03. The van der Waals surface area contributed by atoms with Crippen LogP contribution in [0.4, 0.5) is 5.69 Å². The summed E-state index contributed by atoms with van der Waals surface area (Å²) in [7, 11) is 1.92. The van der Waals surface area contributed by atoms with Crippen LogP contribution >= 0.6 is 12.2 Å². The molecule has 0 saturated heterocycles. The van der Waals surface area contributed by atoms with Crippen molar-refractivity contribution < 1.29 is 5.11 Å². The Kier molecular flexibility index (Phi) is 4.26. The molecule has 88 valence electrons. The number of aliphatic hydroxyl groups excluding tert-OH is 1. The Morgan fingerprint density at radius 3 is 2.69 bits per heavy atom. The first kappa shape index (κ1) is 12.9. The standard InChI is InChI=1S/C12H18N2OS/c1-8-4-5-11(10(6-8)12(13)16)14(3)7-9(2)15/h4-6,9,15H,7H2,1-3H3,(H2,13,16). The number of nitrogens with zero attached hydrogens (tertiary/aromatic N) is 1. The van der Waals surface area contributed by atoms with Crippen LogP contribution in [-0.4, -0.2) is 29.8 Å². The molecule has 0 spiro atoms. The zero-order valence-electron chi connectivity index (χ0n) is 9.90. The Balaban J connectivity index is 3.07. The third-order valence-corrected chi connectivity index (χ3v) is 2.59. The van der Waals surface area contributed by atoms with E-state index in [9.17, 15) is 5.11 Å². The van der Waals surface area contributed by atoms with Crippen molar-refractivity contribution >= 4 is 22.9 Å². The summed E-state index contributed by atoms with van der Waals surface area (Å²) in [5.74, 6) is 0. The summed E-state index contributed by atoms with van der Waals surface area (Å²) in [6.07, 6.45) is -0.384. The molecule has 0 aliphatic carbocycles. The van der Waals surface area contributed by atoms with E-state index in [1.165, 1.54) is 0 Å². The van der Waals surface area contributed by atoms with Gasteiger partial charge in [-0.2, -0.15) is 0 Å². The minimum atomic E-state index is -0.384. The Morgan fingerprint density at radius 2 is 2.19 bits per heavy atom. The van der Waals surface area contributed by atoms with Gasteiger partial charge in [-0.3, -0.25) is 0 Å². The van der Waals surface area contributed by atoms with Gasteiger partial charge in [-0.15, -0.1) is 0 Å². The summed E-state index contributed by atoms with van der Waals surface area (Å²) in [6.45, 7) is 4.31. The lowest BCUT2D eigenvalue weighted by Crippen LogP contribution is -2.29. The average molecular weight is 238 g/mol. The molecule has 0 radical (unpaired) electrons. The molecular weight excluding hydrogens is 220 g/mol. The average Bonchev–Trinajstić information content (AvgIpc) is 2.16. The first-order valence-corrected chi connectivity index (χ1v) is 5.62. The molecule has 16 heavy (non-hydrogen) atoms. The molecular formula is C12H18N2OS. The monoisotopic (exact) mass is 238 g/mol. The number of hydrogen-bond acceptors (Lipinski definition) is 3. The van der Waals surface area contributed by atoms with Crippen molar-refractivity contribution in [3.05, 3.63) is 29.3 Å². The molecule has 0 saturated carbocycles. The lowest BCUT2D eigenvalue weighted by molar-refractivity contribution is 0.201. The number of thiocarbonyl (C=S) groups is 1. The highest BCUT2D eigenvalue weighted by Crippen LogP contribution is 2.21. The Hall–Kier alpha value is -1.13. The first-order valence-electron chi connectivity index (χ1n) is 5.21. The van der Waals surface area contributed by atoms with Crippen LogP contribution in [-0.2, 0) is 0 Å². The van der Waals surface area contributed by atoms with Crippen molar-refractivity contribution in [1.29, 1.82) is 0 Å². The molecule has 1 aromatic carbocycles. The van der Waals surface area contributed by atoms with Crippen molar-refractivity contribution in [2.75, 3.05) is 18.5 Å². The number of hydrogen-bond donors (Lipinski definition) is 2. The van der Waals surface area contributed by atoms with Crippen molar-refractivity contribution in [1.82, 2.24) is 0 Å². The number of aryl methyl sites for hydroxylation is 1. The van der Waals surface area contributed by atoms with Crippen molar-refractivity contribution in [2.24, 2.45) is 5.73 Å². The van der Waals surface area contributed by atoms with Crippen LogP contribution in [0.3, 0.4) is 0 Å². The Labute approximate surface area is 102 Å². The maximum atomic E-state index is 9.36. The van der Waals surface area contributed by atoms with Crippen LogP contribution in [0.2, 0.25) is 0 Å². The molecule has 0 heterocycles. The zero-order chi connectivity index (χ0) is 12.3. The molecule has 3 N–H and O–H groups in total. The third kappa shape index (κ3) is 3.18. The van der Waals surface area contributed by atoms with Crippen LogP contribution in [0, 0.1) is 6.92 Å². The van der Waals surface area contributed by atoms with Crippen molar-refractivity contribution in [3.8, 4) is 0 Å². The molecule has 1 aromatic rings. The molecule has 3 nitrogen and oxygen atoms in total. The summed E-state index contributed by atoms with van der Waals surface area (Å²) in [5, 5.41) is 9.36. The second-order valence-corrected chi connectivity index (χ2v) is 4.55. The van der Waals surface area contributed by atoms with Crippen LogP contribution in [0.1, 0.15) is 18.1 Å². The van der Waals surface area contributed by atoms with Gasteiger partial charge in [0, 0.05) is 24.8 Å². The molecule has 0 fully saturated rings. The van der Waals surface area contributed by atoms with Gasteiger partial charge in [0.05, 0.1) is 6.10 Å². The van der Waals surface area contributed by atoms with Gasteiger partial charge in [-0.25, -0.2) is 0 Å². The normalized spacial score (nSPS) is 12.2. The maximum absolute atomic E-state index is 9.36. The van der Waals surface area contributed by atoms with E-state index < -0.39 is 0 Å². The third-order valence-electron chi connectivity index (χ3n) is 2.37. The van der Waals surface area contributed by atoms with E-state index in [4.69, 9.17) is 18.0 Å².